The van der Waals surface area contributed by atoms with Crippen LogP contribution < -0.4 is 22.0 Å². The van der Waals surface area contributed by atoms with Crippen molar-refractivity contribution in [2.45, 2.75) is 38.9 Å². The number of nitrogens with one attached hydrogen (secondary N) is 1. The number of H-pyrrole nitrogens is 1. The minimum absolute atomic E-state index is 0.143. The van der Waals surface area contributed by atoms with E-state index in [0.717, 1.165) is 4.40 Å². The van der Waals surface area contributed by atoms with Crippen molar-refractivity contribution in [2.24, 2.45) is 0 Å². The van der Waals surface area contributed by atoms with Gasteiger partial charge in [-0.15, -0.1) is 0 Å². The standard InChI is InChI=1S/C18H16B2N2O6/c1-17(2)7-13(18(3,4)28-17)22-14(21-15(7)26)6-5(8(19)16(22)27)10(23)9(20)12(25)11(6)24/h23-25H,1-4H3,(H,21,26). The third kappa shape index (κ3) is 2.01. The second-order valence-corrected chi connectivity index (χ2v) is 7.91. The fraction of sp³-hybridized carbons (Fsp3) is 0.333. The molecule has 8 nitrogen and oxygen atoms in total. The van der Waals surface area contributed by atoms with E-state index in [1.165, 1.54) is 0 Å². The average Bonchev–Trinajstić information content (AvgIpc) is 2.78. The van der Waals surface area contributed by atoms with E-state index in [1.807, 2.05) is 0 Å². The van der Waals surface area contributed by atoms with Gasteiger partial charge in [0.15, 0.2) is 11.5 Å². The third-order valence-corrected chi connectivity index (χ3v) is 5.22. The van der Waals surface area contributed by atoms with Crippen molar-refractivity contribution in [1.82, 2.24) is 9.38 Å². The number of aromatic amines is 1. The summed E-state index contributed by atoms with van der Waals surface area (Å²) in [4.78, 5) is 28.6. The van der Waals surface area contributed by atoms with Gasteiger partial charge in [-0.3, -0.25) is 14.0 Å². The summed E-state index contributed by atoms with van der Waals surface area (Å²) in [6.07, 6.45) is 0. The van der Waals surface area contributed by atoms with Gasteiger partial charge in [0.25, 0.3) is 5.56 Å². The van der Waals surface area contributed by atoms with E-state index in [2.05, 4.69) is 4.98 Å². The van der Waals surface area contributed by atoms with E-state index in [0.29, 0.717) is 0 Å². The fourth-order valence-corrected chi connectivity index (χ4v) is 4.25. The molecule has 0 spiro atoms. The Hall–Kier alpha value is -2.87. The van der Waals surface area contributed by atoms with E-state index in [-0.39, 0.29) is 27.7 Å². The van der Waals surface area contributed by atoms with Crippen molar-refractivity contribution in [3.8, 4) is 17.2 Å². The lowest BCUT2D eigenvalue weighted by Crippen LogP contribution is -2.38. The van der Waals surface area contributed by atoms with Crippen molar-refractivity contribution < 1.29 is 20.1 Å². The van der Waals surface area contributed by atoms with Crippen LogP contribution in [0.4, 0.5) is 0 Å². The van der Waals surface area contributed by atoms with E-state index in [4.69, 9.17) is 20.4 Å². The lowest BCUT2D eigenvalue weighted by Gasteiger charge is -2.24. The Morgan fingerprint density at radius 1 is 0.893 bits per heavy atom. The third-order valence-electron chi connectivity index (χ3n) is 5.22. The summed E-state index contributed by atoms with van der Waals surface area (Å²) >= 11 is 0. The van der Waals surface area contributed by atoms with E-state index in [1.54, 1.807) is 27.7 Å². The minimum atomic E-state index is -1.04. The van der Waals surface area contributed by atoms with E-state index < -0.39 is 50.5 Å². The van der Waals surface area contributed by atoms with Crippen LogP contribution in [0.3, 0.4) is 0 Å². The Labute approximate surface area is 161 Å². The first-order valence-corrected chi connectivity index (χ1v) is 8.49. The number of phenolic OH excluding ortho intramolecular Hbond substituents is 3. The molecule has 0 saturated heterocycles. The zero-order chi connectivity index (χ0) is 20.9. The maximum Gasteiger partial charge on any atom is 0.257 e. The maximum atomic E-state index is 13.1. The van der Waals surface area contributed by atoms with Gasteiger partial charge in [-0.2, -0.15) is 0 Å². The molecular weight excluding hydrogens is 362 g/mol. The topological polar surface area (TPSA) is 124 Å². The number of benzene rings is 1. The SMILES string of the molecule is [B]c1c(O)c(O)c2c(c1O)c([B])c(=O)n1c3c(c(=O)[nH]c21)C(C)(C)OC3(C)C. The number of hydrogen-bond donors (Lipinski definition) is 4. The van der Waals surface area contributed by atoms with Crippen LogP contribution in [0.1, 0.15) is 39.0 Å². The molecule has 4 radical (unpaired) electrons. The number of aromatic hydroxyl groups is 3. The number of fused-ring (bicyclic) bond motifs is 5. The molecule has 0 atom stereocenters. The molecule has 0 saturated carbocycles. The van der Waals surface area contributed by atoms with Gasteiger partial charge in [-0.05, 0) is 38.6 Å². The molecule has 0 unspecified atom stereocenters. The smallest absolute Gasteiger partial charge is 0.257 e. The average molecular weight is 378 g/mol. The van der Waals surface area contributed by atoms with E-state index >= 15 is 0 Å². The van der Waals surface area contributed by atoms with Crippen LogP contribution in [0.25, 0.3) is 16.4 Å². The first-order chi connectivity index (χ1) is 12.8. The molecule has 1 aliphatic rings. The Morgan fingerprint density at radius 3 is 2.11 bits per heavy atom. The summed E-state index contributed by atoms with van der Waals surface area (Å²) in [6, 6.07) is 0. The molecule has 1 aromatic carbocycles. The number of pyridine rings is 1. The first-order valence-electron chi connectivity index (χ1n) is 8.49. The summed E-state index contributed by atoms with van der Waals surface area (Å²) in [5.41, 5.74) is -3.86. The molecule has 4 rings (SSSR count). The predicted octanol–water partition coefficient (Wildman–Crippen LogP) is -0.654. The number of nitrogens with zero attached hydrogens (tertiary/aromatic N) is 1. The van der Waals surface area contributed by atoms with E-state index in [9.17, 15) is 24.9 Å². The van der Waals surface area contributed by atoms with Crippen molar-refractivity contribution in [1.29, 1.82) is 0 Å². The van der Waals surface area contributed by atoms with Crippen LogP contribution in [-0.2, 0) is 15.9 Å². The zero-order valence-electron chi connectivity index (χ0n) is 15.7. The predicted molar refractivity (Wildman–Crippen MR) is 105 cm³/mol. The molecule has 0 aliphatic carbocycles. The molecule has 28 heavy (non-hydrogen) atoms. The molecule has 2 aromatic heterocycles. The summed E-state index contributed by atoms with van der Waals surface area (Å²) in [5.74, 6) is -2.18. The van der Waals surface area contributed by atoms with Gasteiger partial charge >= 0.3 is 0 Å². The second kappa shape index (κ2) is 5.14. The molecule has 1 aliphatic heterocycles. The number of rotatable bonds is 0. The Bertz CT molecular complexity index is 1340. The number of aromatic nitrogens is 2. The lowest BCUT2D eigenvalue weighted by atomic mass is 9.84. The molecular formula is C18H16B2N2O6. The Kier molecular flexibility index (Phi) is 3.39. The summed E-state index contributed by atoms with van der Waals surface area (Å²) in [6.45, 7) is 6.80. The van der Waals surface area contributed by atoms with Crippen molar-refractivity contribution in [2.75, 3.05) is 0 Å². The van der Waals surface area contributed by atoms with Crippen LogP contribution >= 0.6 is 0 Å². The van der Waals surface area contributed by atoms with Crippen molar-refractivity contribution in [3.05, 3.63) is 32.0 Å². The number of phenols is 3. The Balaban J connectivity index is 2.44. The highest BCUT2D eigenvalue weighted by molar-refractivity contribution is 6.44. The molecule has 0 fully saturated rings. The quantitative estimate of drug-likeness (QED) is 0.178. The normalized spacial score (nSPS) is 17.3. The molecule has 4 N–H and O–H groups in total. The molecule has 0 amide bonds. The molecule has 3 aromatic rings. The van der Waals surface area contributed by atoms with Gasteiger partial charge in [-0.25, -0.2) is 0 Å². The number of ether oxygens (including phenoxy) is 1. The van der Waals surface area contributed by atoms with Gasteiger partial charge < -0.3 is 25.0 Å². The Morgan fingerprint density at radius 2 is 1.50 bits per heavy atom. The molecule has 3 heterocycles. The van der Waals surface area contributed by atoms with Gasteiger partial charge in [0.05, 0.1) is 22.2 Å². The second-order valence-electron chi connectivity index (χ2n) is 7.91. The van der Waals surface area contributed by atoms with Crippen LogP contribution in [0.5, 0.6) is 17.2 Å². The van der Waals surface area contributed by atoms with Gasteiger partial charge in [0, 0.05) is 5.39 Å². The van der Waals surface area contributed by atoms with Gasteiger partial charge in [0.1, 0.15) is 32.7 Å². The zero-order valence-corrected chi connectivity index (χ0v) is 15.7. The molecule has 10 heteroatoms. The summed E-state index contributed by atoms with van der Waals surface area (Å²) < 4.78 is 7.13. The van der Waals surface area contributed by atoms with Crippen LogP contribution in [0, 0.1) is 0 Å². The fourth-order valence-electron chi connectivity index (χ4n) is 4.25. The lowest BCUT2D eigenvalue weighted by molar-refractivity contribution is -0.106. The van der Waals surface area contributed by atoms with Crippen LogP contribution in [0.2, 0.25) is 0 Å². The summed E-state index contributed by atoms with van der Waals surface area (Å²) in [5, 5.41) is 30.4. The van der Waals surface area contributed by atoms with Crippen LogP contribution in [-0.4, -0.2) is 40.4 Å². The molecule has 140 valence electrons. The minimum Gasteiger partial charge on any atom is -0.508 e. The first kappa shape index (κ1) is 18.5. The highest BCUT2D eigenvalue weighted by Gasteiger charge is 2.47. The number of hydrogen-bond acceptors (Lipinski definition) is 6. The molecule has 0 bridgehead atoms. The highest BCUT2D eigenvalue weighted by atomic mass is 16.5. The van der Waals surface area contributed by atoms with Crippen molar-refractivity contribution >= 4 is 43.0 Å². The van der Waals surface area contributed by atoms with Gasteiger partial charge in [0.2, 0.25) is 5.56 Å². The summed E-state index contributed by atoms with van der Waals surface area (Å²) in [7, 11) is 11.6. The van der Waals surface area contributed by atoms with Gasteiger partial charge in [-0.1, -0.05) is 0 Å². The van der Waals surface area contributed by atoms with Crippen LogP contribution in [0.15, 0.2) is 9.59 Å². The monoisotopic (exact) mass is 378 g/mol. The highest BCUT2D eigenvalue weighted by Crippen LogP contribution is 2.45. The van der Waals surface area contributed by atoms with Crippen molar-refractivity contribution in [3.63, 3.8) is 0 Å². The maximum absolute atomic E-state index is 13.1. The largest absolute Gasteiger partial charge is 0.508 e.